The molecule has 0 aliphatic carbocycles. The molecule has 1 aromatic rings. The molecule has 27 heavy (non-hydrogen) atoms. The van der Waals surface area contributed by atoms with Gasteiger partial charge in [0.2, 0.25) is 11.8 Å². The fraction of sp³-hybridized carbons (Fsp3) is 0.444. The number of morpholine rings is 1. The molecule has 2 fully saturated rings. The van der Waals surface area contributed by atoms with Gasteiger partial charge in [0.05, 0.1) is 23.5 Å². The molecule has 2 amide bonds. The summed E-state index contributed by atoms with van der Waals surface area (Å²) in [6, 6.07) is 5.69. The first-order valence-corrected chi connectivity index (χ1v) is 9.86. The number of amides is 2. The Morgan fingerprint density at radius 2 is 1.78 bits per heavy atom. The van der Waals surface area contributed by atoms with E-state index < -0.39 is 11.2 Å². The zero-order chi connectivity index (χ0) is 19.7. The van der Waals surface area contributed by atoms with Crippen LogP contribution in [0.2, 0.25) is 0 Å². The lowest BCUT2D eigenvalue weighted by Gasteiger charge is -2.36. The Balaban J connectivity index is 1.68. The fourth-order valence-corrected chi connectivity index (χ4v) is 4.71. The minimum Gasteiger partial charge on any atom is -0.478 e. The Kier molecular flexibility index (Phi) is 5.83. The molecule has 3 atom stereocenters. The minimum absolute atomic E-state index is 0.0532. The molecule has 0 unspecified atom stereocenters. The lowest BCUT2D eigenvalue weighted by atomic mass is 10.2. The van der Waals surface area contributed by atoms with Crippen molar-refractivity contribution in [3.63, 3.8) is 0 Å². The van der Waals surface area contributed by atoms with Gasteiger partial charge in [-0.15, -0.1) is 0 Å². The average Bonchev–Trinajstić information content (AvgIpc) is 2.87. The van der Waals surface area contributed by atoms with Crippen LogP contribution in [-0.4, -0.2) is 62.7 Å². The smallest absolute Gasteiger partial charge is 0.335 e. The van der Waals surface area contributed by atoms with Crippen LogP contribution in [0.4, 0.5) is 5.69 Å². The number of nitrogens with zero attached hydrogens (tertiary/aromatic N) is 2. The molecule has 2 saturated heterocycles. The summed E-state index contributed by atoms with van der Waals surface area (Å²) in [7, 11) is 0. The Labute approximate surface area is 166 Å². The van der Waals surface area contributed by atoms with E-state index in [-0.39, 0.29) is 36.0 Å². The number of hydrogen-bond acceptors (Lipinski definition) is 6. The predicted octanol–water partition coefficient (Wildman–Crippen LogP) is 2.14. The number of thiocarbonyl (C=S) groups is 1. The number of thioether (sulfide) groups is 1. The van der Waals surface area contributed by atoms with Gasteiger partial charge in [-0.2, -0.15) is 0 Å². The van der Waals surface area contributed by atoms with Crippen molar-refractivity contribution in [2.75, 3.05) is 18.0 Å². The van der Waals surface area contributed by atoms with Gasteiger partial charge in [-0.25, -0.2) is 9.69 Å². The third kappa shape index (κ3) is 4.31. The minimum atomic E-state index is -1.06. The van der Waals surface area contributed by atoms with Crippen LogP contribution in [0, 0.1) is 0 Å². The highest BCUT2D eigenvalue weighted by Gasteiger charge is 2.41. The molecule has 2 heterocycles. The van der Waals surface area contributed by atoms with Crippen molar-refractivity contribution in [2.45, 2.75) is 37.7 Å². The molecule has 3 rings (SSSR count). The maximum atomic E-state index is 12.7. The molecular formula is C18H20N2O5S2. The summed E-state index contributed by atoms with van der Waals surface area (Å²) in [5.41, 5.74) is 0.471. The van der Waals surface area contributed by atoms with Gasteiger partial charge >= 0.3 is 5.97 Å². The largest absolute Gasteiger partial charge is 0.478 e. The quantitative estimate of drug-likeness (QED) is 0.601. The van der Waals surface area contributed by atoms with Gasteiger partial charge in [0.15, 0.2) is 0 Å². The van der Waals surface area contributed by atoms with Crippen LogP contribution in [0.25, 0.3) is 0 Å². The van der Waals surface area contributed by atoms with Crippen LogP contribution in [0.15, 0.2) is 24.3 Å². The van der Waals surface area contributed by atoms with E-state index in [9.17, 15) is 14.4 Å². The molecule has 0 saturated carbocycles. The second-order valence-electron chi connectivity index (χ2n) is 6.66. The number of imide groups is 1. The van der Waals surface area contributed by atoms with E-state index in [0.717, 1.165) is 4.90 Å². The number of hydrogen-bond donors (Lipinski definition) is 1. The highest BCUT2D eigenvalue weighted by molar-refractivity contribution is 8.23. The van der Waals surface area contributed by atoms with Gasteiger partial charge < -0.3 is 14.7 Å². The molecule has 0 aromatic heterocycles. The second kappa shape index (κ2) is 7.95. The second-order valence-corrected chi connectivity index (χ2v) is 8.49. The first kappa shape index (κ1) is 19.8. The van der Waals surface area contributed by atoms with Gasteiger partial charge in [-0.1, -0.05) is 24.0 Å². The van der Waals surface area contributed by atoms with Crippen LogP contribution in [-0.2, 0) is 14.3 Å². The molecular weight excluding hydrogens is 388 g/mol. The highest BCUT2D eigenvalue weighted by Crippen LogP contribution is 2.32. The van der Waals surface area contributed by atoms with E-state index in [1.807, 2.05) is 18.7 Å². The highest BCUT2D eigenvalue weighted by atomic mass is 32.2. The third-order valence-electron chi connectivity index (χ3n) is 4.40. The van der Waals surface area contributed by atoms with Crippen molar-refractivity contribution in [1.29, 1.82) is 0 Å². The number of anilines is 1. The van der Waals surface area contributed by atoms with Gasteiger partial charge in [-0.05, 0) is 38.1 Å². The van der Waals surface area contributed by atoms with Crippen molar-refractivity contribution in [3.05, 3.63) is 29.8 Å². The van der Waals surface area contributed by atoms with Crippen molar-refractivity contribution in [3.8, 4) is 0 Å². The zero-order valence-corrected chi connectivity index (χ0v) is 16.6. The lowest BCUT2D eigenvalue weighted by molar-refractivity contribution is -0.121. The number of carboxylic acids is 1. The molecule has 9 heteroatoms. The zero-order valence-electron chi connectivity index (χ0n) is 15.0. The number of carbonyl (C=O) groups excluding carboxylic acids is 2. The monoisotopic (exact) mass is 408 g/mol. The van der Waals surface area contributed by atoms with E-state index in [4.69, 9.17) is 22.1 Å². The average molecular weight is 409 g/mol. The molecule has 1 aromatic carbocycles. The summed E-state index contributed by atoms with van der Waals surface area (Å²) in [5, 5.41) is 8.40. The van der Waals surface area contributed by atoms with Crippen LogP contribution in [0.5, 0.6) is 0 Å². The summed E-state index contributed by atoms with van der Waals surface area (Å²) in [5.74, 6) is -1.70. The van der Waals surface area contributed by atoms with E-state index in [0.29, 0.717) is 23.1 Å². The summed E-state index contributed by atoms with van der Waals surface area (Å²) in [6.45, 7) is 5.27. The molecule has 0 radical (unpaired) electrons. The number of aromatic carboxylic acids is 1. The van der Waals surface area contributed by atoms with E-state index in [2.05, 4.69) is 0 Å². The van der Waals surface area contributed by atoms with E-state index in [1.54, 1.807) is 0 Å². The summed E-state index contributed by atoms with van der Waals surface area (Å²) >= 11 is 6.73. The van der Waals surface area contributed by atoms with Crippen LogP contribution < -0.4 is 4.90 Å². The topological polar surface area (TPSA) is 87.2 Å². The van der Waals surface area contributed by atoms with Gasteiger partial charge in [0.1, 0.15) is 9.57 Å². The molecule has 2 aliphatic heterocycles. The van der Waals surface area contributed by atoms with E-state index in [1.165, 1.54) is 36.0 Å². The van der Waals surface area contributed by atoms with Crippen LogP contribution in [0.3, 0.4) is 0 Å². The van der Waals surface area contributed by atoms with Crippen LogP contribution in [0.1, 0.15) is 30.6 Å². The Hall–Kier alpha value is -1.97. The molecule has 2 aliphatic rings. The standard InChI is InChI=1S/C18H20N2O5S2/c1-10-8-19(9-11(2)25-10)18(26)27-14-7-15(21)20(16(14)22)13-5-3-12(4-6-13)17(23)24/h3-6,10-11,14H,7-9H2,1-2H3,(H,23,24)/t10-,11-,14-/m1/s1. The fourth-order valence-electron chi connectivity index (χ4n) is 3.24. The van der Waals surface area contributed by atoms with Crippen molar-refractivity contribution in [2.24, 2.45) is 0 Å². The summed E-state index contributed by atoms with van der Waals surface area (Å²) in [6.07, 6.45) is 0.176. The first-order valence-electron chi connectivity index (χ1n) is 8.57. The van der Waals surface area contributed by atoms with E-state index >= 15 is 0 Å². The van der Waals surface area contributed by atoms with Crippen molar-refractivity contribution >= 4 is 51.8 Å². The number of benzene rings is 1. The normalized spacial score (nSPS) is 25.8. The van der Waals surface area contributed by atoms with Gasteiger partial charge in [0.25, 0.3) is 0 Å². The predicted molar refractivity (Wildman–Crippen MR) is 106 cm³/mol. The van der Waals surface area contributed by atoms with Gasteiger partial charge in [-0.3, -0.25) is 9.59 Å². The van der Waals surface area contributed by atoms with Crippen LogP contribution >= 0.6 is 24.0 Å². The summed E-state index contributed by atoms with van der Waals surface area (Å²) < 4.78 is 6.28. The van der Waals surface area contributed by atoms with Crippen molar-refractivity contribution in [1.82, 2.24) is 4.90 Å². The molecule has 1 N–H and O–H groups in total. The maximum Gasteiger partial charge on any atom is 0.335 e. The Morgan fingerprint density at radius 1 is 1.19 bits per heavy atom. The molecule has 7 nitrogen and oxygen atoms in total. The Morgan fingerprint density at radius 3 is 2.33 bits per heavy atom. The SMILES string of the molecule is C[C@@H]1CN(C(=S)S[C@@H]2CC(=O)N(c3ccc(C(=O)O)cc3)C2=O)C[C@@H](C)O1. The van der Waals surface area contributed by atoms with Crippen molar-refractivity contribution < 1.29 is 24.2 Å². The number of carboxylic acid groups (broad SMARTS) is 1. The maximum absolute atomic E-state index is 12.7. The number of carbonyl (C=O) groups is 3. The lowest BCUT2D eigenvalue weighted by Crippen LogP contribution is -2.47. The first-order chi connectivity index (χ1) is 12.8. The molecule has 0 spiro atoms. The molecule has 144 valence electrons. The third-order valence-corrected chi connectivity index (χ3v) is 6.06. The Bertz CT molecular complexity index is 772. The number of rotatable bonds is 3. The molecule has 0 bridgehead atoms. The van der Waals surface area contributed by atoms with Gasteiger partial charge in [0, 0.05) is 19.5 Å². The number of ether oxygens (including phenoxy) is 1. The summed E-state index contributed by atoms with van der Waals surface area (Å²) in [4.78, 5) is 39.2.